The van der Waals surface area contributed by atoms with Gasteiger partial charge in [-0.3, -0.25) is 4.79 Å². The summed E-state index contributed by atoms with van der Waals surface area (Å²) in [6.45, 7) is 3.73. The Balaban J connectivity index is 1.92. The Hall–Kier alpha value is -3.68. The number of ether oxygens (including phenoxy) is 4. The van der Waals surface area contributed by atoms with Crippen molar-refractivity contribution in [1.82, 2.24) is 9.55 Å². The van der Waals surface area contributed by atoms with Gasteiger partial charge in [0.25, 0.3) is 0 Å². The highest BCUT2D eigenvalue weighted by molar-refractivity contribution is 5.77. The molecule has 3 rings (SSSR count). The maximum atomic E-state index is 12.5. The number of benzene rings is 2. The number of hydrogen-bond donors (Lipinski definition) is 1. The van der Waals surface area contributed by atoms with Gasteiger partial charge in [-0.2, -0.15) is 0 Å². The molecule has 32 heavy (non-hydrogen) atoms. The molecule has 1 aromatic heterocycles. The summed E-state index contributed by atoms with van der Waals surface area (Å²) in [6.07, 6.45) is 5.25. The number of rotatable bonds is 9. The lowest BCUT2D eigenvalue weighted by Gasteiger charge is -2.33. The molecule has 0 bridgehead atoms. The molecule has 1 N–H and O–H groups in total. The minimum atomic E-state index is -0.804. The fourth-order valence-electron chi connectivity index (χ4n) is 3.83. The normalized spacial score (nSPS) is 12.1. The molecule has 3 aromatic rings. The van der Waals surface area contributed by atoms with Crippen molar-refractivity contribution in [2.45, 2.75) is 19.9 Å². The number of aromatic nitrogens is 2. The minimum absolute atomic E-state index is 0.285. The minimum Gasteiger partial charge on any atom is -0.493 e. The van der Waals surface area contributed by atoms with Crippen LogP contribution in [0, 0.1) is 5.41 Å². The van der Waals surface area contributed by atoms with E-state index in [4.69, 9.17) is 18.9 Å². The van der Waals surface area contributed by atoms with Gasteiger partial charge in [0.05, 0.1) is 46.2 Å². The van der Waals surface area contributed by atoms with E-state index in [1.807, 2.05) is 61.0 Å². The zero-order valence-electron chi connectivity index (χ0n) is 19.2. The lowest BCUT2D eigenvalue weighted by atomic mass is 9.80. The fourth-order valence-corrected chi connectivity index (χ4v) is 3.83. The summed E-state index contributed by atoms with van der Waals surface area (Å²) in [4.78, 5) is 16.7. The second-order valence-electron chi connectivity index (χ2n) is 7.79. The molecular weight excluding hydrogens is 410 g/mol. The molecule has 0 aliphatic heterocycles. The maximum Gasteiger partial charge on any atom is 0.313 e. The molecule has 0 fully saturated rings. The number of methoxy groups -OCH3 is 4. The molecule has 1 unspecified atom stereocenters. The first-order chi connectivity index (χ1) is 15.3. The summed E-state index contributed by atoms with van der Waals surface area (Å²) in [7, 11) is 6.13. The second-order valence-corrected chi connectivity index (χ2v) is 7.79. The van der Waals surface area contributed by atoms with Gasteiger partial charge in [0, 0.05) is 35.9 Å². The molecule has 8 nitrogen and oxygen atoms in total. The standard InChI is InChI=1S/C24H29N3O5/c1-24(2,23(28)32-6)22(27-12-11-25-15-27)16-7-9-17(10-8-16)26-18-13-19(29-3)21(31-5)20(14-18)30-4/h7-15,22,26H,1-6H3. The van der Waals surface area contributed by atoms with E-state index in [0.717, 1.165) is 16.9 Å². The highest BCUT2D eigenvalue weighted by atomic mass is 16.5. The number of hydrogen-bond acceptors (Lipinski definition) is 7. The molecule has 0 aliphatic rings. The van der Waals surface area contributed by atoms with Crippen LogP contribution < -0.4 is 19.5 Å². The van der Waals surface area contributed by atoms with Crippen LogP contribution in [-0.4, -0.2) is 44.0 Å². The summed E-state index contributed by atoms with van der Waals surface area (Å²) in [6, 6.07) is 11.3. The monoisotopic (exact) mass is 439 g/mol. The maximum absolute atomic E-state index is 12.5. The third-order valence-corrected chi connectivity index (χ3v) is 5.40. The number of esters is 1. The Morgan fingerprint density at radius 1 is 0.969 bits per heavy atom. The van der Waals surface area contributed by atoms with Crippen molar-refractivity contribution in [3.8, 4) is 17.2 Å². The first kappa shape index (κ1) is 23.0. The van der Waals surface area contributed by atoms with Crippen LogP contribution in [0.2, 0.25) is 0 Å². The van der Waals surface area contributed by atoms with E-state index in [1.54, 1.807) is 33.9 Å². The Labute approximate surface area is 188 Å². The molecule has 2 aromatic carbocycles. The van der Waals surface area contributed by atoms with Gasteiger partial charge in [-0.05, 0) is 31.5 Å². The van der Waals surface area contributed by atoms with Crippen LogP contribution in [0.25, 0.3) is 0 Å². The number of imidazole rings is 1. The van der Waals surface area contributed by atoms with E-state index in [1.165, 1.54) is 7.11 Å². The fraction of sp³-hybridized carbons (Fsp3) is 0.333. The van der Waals surface area contributed by atoms with Gasteiger partial charge < -0.3 is 28.8 Å². The molecule has 8 heteroatoms. The molecule has 0 spiro atoms. The van der Waals surface area contributed by atoms with E-state index in [-0.39, 0.29) is 12.0 Å². The van der Waals surface area contributed by atoms with Gasteiger partial charge in [0.1, 0.15) is 0 Å². The van der Waals surface area contributed by atoms with Crippen LogP contribution >= 0.6 is 0 Å². The highest BCUT2D eigenvalue weighted by Gasteiger charge is 2.40. The van der Waals surface area contributed by atoms with Crippen LogP contribution in [0.5, 0.6) is 17.2 Å². The van der Waals surface area contributed by atoms with Crippen molar-refractivity contribution in [2.24, 2.45) is 5.41 Å². The van der Waals surface area contributed by atoms with Gasteiger partial charge >= 0.3 is 5.97 Å². The van der Waals surface area contributed by atoms with Gasteiger partial charge in [-0.25, -0.2) is 4.98 Å². The first-order valence-corrected chi connectivity index (χ1v) is 10.1. The SMILES string of the molecule is COC(=O)C(C)(C)C(c1ccc(Nc2cc(OC)c(OC)c(OC)c2)cc1)n1ccnc1. The zero-order chi connectivity index (χ0) is 23.3. The molecule has 0 saturated heterocycles. The van der Waals surface area contributed by atoms with E-state index in [9.17, 15) is 4.79 Å². The molecule has 0 amide bonds. The number of anilines is 2. The molecule has 1 atom stereocenters. The van der Waals surface area contributed by atoms with Crippen LogP contribution in [0.3, 0.4) is 0 Å². The summed E-state index contributed by atoms with van der Waals surface area (Å²) in [5.41, 5.74) is 1.80. The zero-order valence-corrected chi connectivity index (χ0v) is 19.2. The van der Waals surface area contributed by atoms with Crippen LogP contribution in [0.4, 0.5) is 11.4 Å². The van der Waals surface area contributed by atoms with Crippen molar-refractivity contribution in [1.29, 1.82) is 0 Å². The lowest BCUT2D eigenvalue weighted by Crippen LogP contribution is -2.36. The second kappa shape index (κ2) is 9.64. The average Bonchev–Trinajstić information content (AvgIpc) is 3.32. The van der Waals surface area contributed by atoms with E-state index in [2.05, 4.69) is 10.3 Å². The molecule has 0 aliphatic carbocycles. The largest absolute Gasteiger partial charge is 0.493 e. The Morgan fingerprint density at radius 2 is 1.59 bits per heavy atom. The average molecular weight is 440 g/mol. The predicted molar refractivity (Wildman–Crippen MR) is 122 cm³/mol. The molecular formula is C24H29N3O5. The third kappa shape index (κ3) is 4.49. The van der Waals surface area contributed by atoms with Gasteiger partial charge in [0.15, 0.2) is 11.5 Å². The summed E-state index contributed by atoms with van der Waals surface area (Å²) in [5, 5.41) is 3.35. The molecule has 0 saturated carbocycles. The smallest absolute Gasteiger partial charge is 0.313 e. The van der Waals surface area contributed by atoms with Crippen LogP contribution in [0.1, 0.15) is 25.5 Å². The van der Waals surface area contributed by atoms with Gasteiger partial charge in [-0.15, -0.1) is 0 Å². The van der Waals surface area contributed by atoms with Crippen LogP contribution in [-0.2, 0) is 9.53 Å². The highest BCUT2D eigenvalue weighted by Crippen LogP contribution is 2.41. The topological polar surface area (TPSA) is 83.8 Å². The van der Waals surface area contributed by atoms with E-state index < -0.39 is 5.41 Å². The van der Waals surface area contributed by atoms with Gasteiger partial charge in [-0.1, -0.05) is 12.1 Å². The Bertz CT molecular complexity index is 1020. The van der Waals surface area contributed by atoms with E-state index in [0.29, 0.717) is 17.2 Å². The molecule has 170 valence electrons. The summed E-state index contributed by atoms with van der Waals surface area (Å²) >= 11 is 0. The lowest BCUT2D eigenvalue weighted by molar-refractivity contribution is -0.152. The van der Waals surface area contributed by atoms with Crippen molar-refractivity contribution >= 4 is 17.3 Å². The number of carbonyl (C=O) groups excluding carboxylic acids is 1. The first-order valence-electron chi connectivity index (χ1n) is 10.1. The number of nitrogens with one attached hydrogen (secondary N) is 1. The quantitative estimate of drug-likeness (QED) is 0.494. The summed E-state index contributed by atoms with van der Waals surface area (Å²) < 4.78 is 23.2. The number of nitrogens with zero attached hydrogens (tertiary/aromatic N) is 2. The summed E-state index contributed by atoms with van der Waals surface area (Å²) in [5.74, 6) is 1.36. The van der Waals surface area contributed by atoms with Crippen molar-refractivity contribution in [2.75, 3.05) is 33.8 Å². The van der Waals surface area contributed by atoms with Crippen LogP contribution in [0.15, 0.2) is 55.1 Å². The predicted octanol–water partition coefficient (Wildman–Crippen LogP) is 4.44. The third-order valence-electron chi connectivity index (χ3n) is 5.40. The van der Waals surface area contributed by atoms with Crippen molar-refractivity contribution < 1.29 is 23.7 Å². The van der Waals surface area contributed by atoms with Gasteiger partial charge in [0.2, 0.25) is 5.75 Å². The van der Waals surface area contributed by atoms with E-state index >= 15 is 0 Å². The molecule has 1 heterocycles. The van der Waals surface area contributed by atoms with Crippen molar-refractivity contribution in [3.05, 3.63) is 60.7 Å². The molecule has 0 radical (unpaired) electrons. The Morgan fingerprint density at radius 3 is 2.06 bits per heavy atom. The number of carbonyl (C=O) groups is 1. The van der Waals surface area contributed by atoms with Crippen molar-refractivity contribution in [3.63, 3.8) is 0 Å². The Kier molecular flexibility index (Phi) is 6.92.